The van der Waals surface area contributed by atoms with E-state index in [-0.39, 0.29) is 19.0 Å². The fourth-order valence-electron chi connectivity index (χ4n) is 5.30. The van der Waals surface area contributed by atoms with E-state index in [2.05, 4.69) is 10.0 Å². The highest BCUT2D eigenvalue weighted by atomic mass is 32.2. The molecule has 0 saturated carbocycles. The molecular formula is C39H54F3N5O6S. The van der Waals surface area contributed by atoms with E-state index in [0.717, 1.165) is 23.1 Å². The minimum absolute atomic E-state index is 0.0638. The van der Waals surface area contributed by atoms with Crippen molar-refractivity contribution in [1.29, 1.82) is 0 Å². The largest absolute Gasteiger partial charge is 0.471 e. The Morgan fingerprint density at radius 2 is 1.41 bits per heavy atom. The van der Waals surface area contributed by atoms with Crippen LogP contribution in [0.3, 0.4) is 0 Å². The maximum Gasteiger partial charge on any atom is 0.471 e. The van der Waals surface area contributed by atoms with Crippen LogP contribution in [0.15, 0.2) is 66.2 Å². The second-order valence-electron chi connectivity index (χ2n) is 15.7. The van der Waals surface area contributed by atoms with Gasteiger partial charge in [-0.25, -0.2) is 4.79 Å². The number of alkyl halides is 3. The molecule has 2 atom stereocenters. The van der Waals surface area contributed by atoms with Gasteiger partial charge in [-0.3, -0.25) is 28.8 Å². The maximum atomic E-state index is 14.3. The van der Waals surface area contributed by atoms with Gasteiger partial charge in [-0.1, -0.05) is 95.3 Å². The van der Waals surface area contributed by atoms with E-state index in [9.17, 15) is 37.1 Å². The van der Waals surface area contributed by atoms with Gasteiger partial charge in [0.25, 0.3) is 5.91 Å². The Bertz CT molecular complexity index is 1650. The van der Waals surface area contributed by atoms with Crippen LogP contribution < -0.4 is 15.4 Å². The van der Waals surface area contributed by atoms with Crippen LogP contribution in [0.1, 0.15) is 79.0 Å². The molecule has 0 fully saturated rings. The zero-order chi connectivity index (χ0) is 41.2. The molecule has 0 aliphatic carbocycles. The summed E-state index contributed by atoms with van der Waals surface area (Å²) in [5, 5.41) is 4.75. The lowest BCUT2D eigenvalue weighted by Gasteiger charge is -2.42. The molecule has 0 spiro atoms. The molecule has 3 N–H and O–H groups in total. The Morgan fingerprint density at radius 1 is 0.852 bits per heavy atom. The normalized spacial score (nSPS) is 13.6. The van der Waals surface area contributed by atoms with Crippen molar-refractivity contribution < 1.29 is 41.9 Å². The fraction of sp³-hybridized carbons (Fsp3) is 0.513. The predicted octanol–water partition coefficient (Wildman–Crippen LogP) is 6.28. The third-order valence-electron chi connectivity index (χ3n) is 8.46. The summed E-state index contributed by atoms with van der Waals surface area (Å²) < 4.78 is 45.5. The number of amides is 5. The Labute approximate surface area is 320 Å². The average molecular weight is 778 g/mol. The van der Waals surface area contributed by atoms with Crippen LogP contribution in [0.4, 0.5) is 18.0 Å². The number of carbonyl (C=O) groups excluding carboxylic acids is 5. The van der Waals surface area contributed by atoms with E-state index < -0.39 is 58.5 Å². The van der Waals surface area contributed by atoms with Gasteiger partial charge in [-0.15, -0.1) is 0 Å². The number of carbonyl (C=O) groups is 5. The highest BCUT2D eigenvalue weighted by Gasteiger charge is 2.45. The van der Waals surface area contributed by atoms with Crippen LogP contribution in [-0.2, 0) is 41.6 Å². The molecule has 15 heteroatoms. The summed E-state index contributed by atoms with van der Waals surface area (Å²) in [6.45, 7) is 15.8. The Kier molecular flexibility index (Phi) is 15.8. The number of ether oxygens (including phenoxy) is 1. The van der Waals surface area contributed by atoms with Crippen LogP contribution >= 0.6 is 11.9 Å². The van der Waals surface area contributed by atoms with E-state index in [0.29, 0.717) is 16.9 Å². The van der Waals surface area contributed by atoms with Gasteiger partial charge in [0.1, 0.15) is 17.7 Å². The third kappa shape index (κ3) is 13.7. The van der Waals surface area contributed by atoms with Crippen LogP contribution in [0, 0.1) is 5.41 Å². The number of halogens is 3. The van der Waals surface area contributed by atoms with Gasteiger partial charge < -0.3 is 20.3 Å². The van der Waals surface area contributed by atoms with Crippen molar-refractivity contribution in [2.24, 2.45) is 5.41 Å². The molecule has 0 bridgehead atoms. The zero-order valence-corrected chi connectivity index (χ0v) is 33.8. The van der Waals surface area contributed by atoms with Gasteiger partial charge >= 0.3 is 18.2 Å². The first kappa shape index (κ1) is 45.6. The molecule has 0 heterocycles. The van der Waals surface area contributed by atoms with Gasteiger partial charge in [-0.05, 0) is 61.7 Å². The number of nitrogens with one attached hydrogen (secondary N) is 3. The molecule has 0 aliphatic heterocycles. The highest BCUT2D eigenvalue weighted by Crippen LogP contribution is 2.32. The van der Waals surface area contributed by atoms with Crippen molar-refractivity contribution in [1.82, 2.24) is 25.2 Å². The van der Waals surface area contributed by atoms with Gasteiger partial charge in [0, 0.05) is 43.9 Å². The summed E-state index contributed by atoms with van der Waals surface area (Å²) in [4.78, 5) is 68.0. The van der Waals surface area contributed by atoms with Crippen molar-refractivity contribution in [3.63, 3.8) is 0 Å². The minimum atomic E-state index is -4.95. The third-order valence-corrected chi connectivity index (χ3v) is 9.27. The number of likely N-dealkylation sites (N-methyl/N-ethyl adjacent to an activating group) is 2. The van der Waals surface area contributed by atoms with Crippen molar-refractivity contribution in [3.05, 3.63) is 82.9 Å². The van der Waals surface area contributed by atoms with Gasteiger partial charge in [-0.2, -0.15) is 13.2 Å². The van der Waals surface area contributed by atoms with Gasteiger partial charge in [0.2, 0.25) is 11.8 Å². The first-order valence-electron chi connectivity index (χ1n) is 17.3. The molecule has 0 radical (unpaired) electrons. The summed E-state index contributed by atoms with van der Waals surface area (Å²) in [5.41, 5.74) is -0.0194. The molecule has 0 aliphatic rings. The van der Waals surface area contributed by atoms with E-state index in [4.69, 9.17) is 4.74 Å². The van der Waals surface area contributed by atoms with E-state index in [1.165, 1.54) is 16.8 Å². The zero-order valence-electron chi connectivity index (χ0n) is 32.9. The molecule has 2 aromatic rings. The van der Waals surface area contributed by atoms with Gasteiger partial charge in [0.05, 0.1) is 0 Å². The predicted molar refractivity (Wildman–Crippen MR) is 204 cm³/mol. The monoisotopic (exact) mass is 777 g/mol. The lowest BCUT2D eigenvalue weighted by atomic mass is 9.76. The standard InChI is InChI=1S/C39H54F3N5O6S/c1-25(31(48)45-54-24-27-19-17-26(18-20-27)23-43-34(51)39(40,41)42)21-22-46(10)33(50)29(36(2,3)4)44-32(49)30(47(11)35(52)53-37(5,6)7)38(8,9)28-15-13-12-14-16-28/h12-21,29-30H,22-24H2,1-11H3,(H,43,51)(H,44,49)(H,45,48)/b25-21+. The second kappa shape index (κ2) is 18.7. The highest BCUT2D eigenvalue weighted by molar-refractivity contribution is 7.97. The average Bonchev–Trinajstić information content (AvgIpc) is 3.07. The molecule has 11 nitrogen and oxygen atoms in total. The molecule has 0 saturated heterocycles. The molecule has 2 rings (SSSR count). The van der Waals surface area contributed by atoms with Crippen LogP contribution in [0.2, 0.25) is 0 Å². The Morgan fingerprint density at radius 3 is 1.93 bits per heavy atom. The number of nitrogens with zero attached hydrogens (tertiary/aromatic N) is 2. The summed E-state index contributed by atoms with van der Waals surface area (Å²) in [7, 11) is 3.07. The molecule has 0 aromatic heterocycles. The smallest absolute Gasteiger partial charge is 0.444 e. The molecule has 5 amide bonds. The summed E-state index contributed by atoms with van der Waals surface area (Å²) in [6.07, 6.45) is -4.05. The Balaban J connectivity index is 2.12. The minimum Gasteiger partial charge on any atom is -0.444 e. The van der Waals surface area contributed by atoms with E-state index >= 15 is 0 Å². The van der Waals surface area contributed by atoms with Crippen molar-refractivity contribution >= 4 is 41.7 Å². The number of hydrogen-bond acceptors (Lipinski definition) is 7. The lowest BCUT2D eigenvalue weighted by molar-refractivity contribution is -0.173. The van der Waals surface area contributed by atoms with Crippen molar-refractivity contribution in [3.8, 4) is 0 Å². The molecule has 2 unspecified atom stereocenters. The van der Waals surface area contributed by atoms with Crippen molar-refractivity contribution in [2.75, 3.05) is 20.6 Å². The van der Waals surface area contributed by atoms with E-state index in [1.807, 2.05) is 70.3 Å². The number of rotatable bonds is 14. The molecular weight excluding hydrogens is 724 g/mol. The van der Waals surface area contributed by atoms with Crippen LogP contribution in [0.25, 0.3) is 0 Å². The maximum absolute atomic E-state index is 14.3. The Hall–Kier alpha value is -4.53. The van der Waals surface area contributed by atoms with Gasteiger partial charge in [0.15, 0.2) is 0 Å². The van der Waals surface area contributed by atoms with Crippen LogP contribution in [-0.4, -0.2) is 84.0 Å². The molecule has 2 aromatic carbocycles. The first-order chi connectivity index (χ1) is 24.8. The fourth-order valence-corrected chi connectivity index (χ4v) is 6.02. The molecule has 298 valence electrons. The quantitative estimate of drug-likeness (QED) is 0.152. The summed E-state index contributed by atoms with van der Waals surface area (Å²) in [6, 6.07) is 13.8. The van der Waals surface area contributed by atoms with Crippen LogP contribution in [0.5, 0.6) is 0 Å². The first-order valence-corrected chi connectivity index (χ1v) is 18.3. The molecule has 54 heavy (non-hydrogen) atoms. The number of benzene rings is 2. The van der Waals surface area contributed by atoms with E-state index in [1.54, 1.807) is 65.1 Å². The SMILES string of the molecule is C/C(=C\CN(C)C(=O)C(NC(=O)C(N(C)C(=O)OC(C)(C)C)C(C)(C)c1ccccc1)C(C)(C)C)C(=O)NSCc1ccc(CNC(=O)C(F)(F)F)cc1. The second-order valence-corrected chi connectivity index (χ2v) is 16.5. The lowest BCUT2D eigenvalue weighted by Crippen LogP contribution is -2.62. The topological polar surface area (TPSA) is 137 Å². The van der Waals surface area contributed by atoms with Crippen molar-refractivity contribution in [2.45, 2.75) is 104 Å². The summed E-state index contributed by atoms with van der Waals surface area (Å²) in [5.74, 6) is -2.96. The summed E-state index contributed by atoms with van der Waals surface area (Å²) >= 11 is 1.11. The number of hydrogen-bond donors (Lipinski definition) is 3.